The Morgan fingerprint density at radius 3 is 2.88 bits per heavy atom. The van der Waals surface area contributed by atoms with Crippen molar-refractivity contribution in [3.05, 3.63) is 0 Å². The summed E-state index contributed by atoms with van der Waals surface area (Å²) in [5, 5.41) is 0. The molecule has 1 atom stereocenters. The standard InChI is InChI=1S/C12H22N2O2/c1-12(4-7-16-8-5-12)9-14-6-2-3-10(13)11(14)15/h10H,2-9,13H2,1H3. The lowest BCUT2D eigenvalue weighted by atomic mass is 9.81. The van der Waals surface area contributed by atoms with Crippen LogP contribution in [0.25, 0.3) is 0 Å². The number of likely N-dealkylation sites (tertiary alicyclic amines) is 1. The minimum atomic E-state index is -0.266. The van der Waals surface area contributed by atoms with Crippen molar-refractivity contribution in [1.29, 1.82) is 0 Å². The molecule has 16 heavy (non-hydrogen) atoms. The van der Waals surface area contributed by atoms with Gasteiger partial charge in [-0.1, -0.05) is 6.92 Å². The smallest absolute Gasteiger partial charge is 0.239 e. The average Bonchev–Trinajstić information content (AvgIpc) is 2.26. The van der Waals surface area contributed by atoms with Crippen molar-refractivity contribution >= 4 is 5.91 Å². The molecule has 0 radical (unpaired) electrons. The highest BCUT2D eigenvalue weighted by Gasteiger charge is 2.34. The van der Waals surface area contributed by atoms with Gasteiger partial charge in [0.05, 0.1) is 6.04 Å². The van der Waals surface area contributed by atoms with Crippen LogP contribution in [0.2, 0.25) is 0 Å². The predicted octanol–water partition coefficient (Wildman–Crippen LogP) is 0.753. The zero-order chi connectivity index (χ0) is 11.6. The molecular weight excluding hydrogens is 204 g/mol. The minimum absolute atomic E-state index is 0.138. The third kappa shape index (κ3) is 2.55. The van der Waals surface area contributed by atoms with Crippen LogP contribution in [0.3, 0.4) is 0 Å². The molecule has 2 fully saturated rings. The maximum Gasteiger partial charge on any atom is 0.239 e. The molecule has 0 saturated carbocycles. The summed E-state index contributed by atoms with van der Waals surface area (Å²) >= 11 is 0. The number of nitrogens with two attached hydrogens (primary N) is 1. The van der Waals surface area contributed by atoms with E-state index in [1.54, 1.807) is 0 Å². The summed E-state index contributed by atoms with van der Waals surface area (Å²) < 4.78 is 5.37. The summed E-state index contributed by atoms with van der Waals surface area (Å²) in [6, 6.07) is -0.266. The number of nitrogens with zero attached hydrogens (tertiary/aromatic N) is 1. The molecular formula is C12H22N2O2. The highest BCUT2D eigenvalue weighted by atomic mass is 16.5. The lowest BCUT2D eigenvalue weighted by molar-refractivity contribution is -0.137. The summed E-state index contributed by atoms with van der Waals surface area (Å²) in [4.78, 5) is 13.9. The van der Waals surface area contributed by atoms with Gasteiger partial charge in [0.25, 0.3) is 0 Å². The molecule has 4 nitrogen and oxygen atoms in total. The summed E-state index contributed by atoms with van der Waals surface area (Å²) in [5.74, 6) is 0.138. The van der Waals surface area contributed by atoms with Crippen molar-refractivity contribution < 1.29 is 9.53 Å². The van der Waals surface area contributed by atoms with E-state index >= 15 is 0 Å². The van der Waals surface area contributed by atoms with E-state index in [0.717, 1.165) is 52.0 Å². The lowest BCUT2D eigenvalue weighted by Crippen LogP contribution is -2.52. The first-order valence-corrected chi connectivity index (χ1v) is 6.23. The molecule has 1 unspecified atom stereocenters. The maximum absolute atomic E-state index is 11.9. The van der Waals surface area contributed by atoms with Gasteiger partial charge in [-0.3, -0.25) is 4.79 Å². The Morgan fingerprint density at radius 1 is 1.50 bits per heavy atom. The van der Waals surface area contributed by atoms with Crippen molar-refractivity contribution in [1.82, 2.24) is 4.90 Å². The van der Waals surface area contributed by atoms with Crippen molar-refractivity contribution in [2.24, 2.45) is 11.1 Å². The number of ether oxygens (including phenoxy) is 1. The van der Waals surface area contributed by atoms with Gasteiger partial charge in [0.1, 0.15) is 0 Å². The van der Waals surface area contributed by atoms with E-state index < -0.39 is 0 Å². The van der Waals surface area contributed by atoms with Gasteiger partial charge in [-0.25, -0.2) is 0 Å². The van der Waals surface area contributed by atoms with E-state index in [1.165, 1.54) is 0 Å². The fourth-order valence-corrected chi connectivity index (χ4v) is 2.61. The second-order valence-electron chi connectivity index (χ2n) is 5.43. The number of hydrogen-bond donors (Lipinski definition) is 1. The Balaban J connectivity index is 1.94. The van der Waals surface area contributed by atoms with Crippen LogP contribution < -0.4 is 5.73 Å². The molecule has 0 bridgehead atoms. The van der Waals surface area contributed by atoms with Crippen molar-refractivity contribution in [2.75, 3.05) is 26.3 Å². The van der Waals surface area contributed by atoms with Crippen LogP contribution in [0.5, 0.6) is 0 Å². The molecule has 0 aromatic heterocycles. The Morgan fingerprint density at radius 2 is 2.19 bits per heavy atom. The van der Waals surface area contributed by atoms with E-state index in [9.17, 15) is 4.79 Å². The number of hydrogen-bond acceptors (Lipinski definition) is 3. The monoisotopic (exact) mass is 226 g/mol. The SMILES string of the molecule is CC1(CN2CCCC(N)C2=O)CCOCC1. The van der Waals surface area contributed by atoms with Crippen LogP contribution in [-0.4, -0.2) is 43.2 Å². The van der Waals surface area contributed by atoms with Gasteiger partial charge in [0, 0.05) is 26.3 Å². The van der Waals surface area contributed by atoms with Gasteiger partial charge in [0.2, 0.25) is 5.91 Å². The Labute approximate surface area is 97.1 Å². The Kier molecular flexibility index (Phi) is 3.50. The molecule has 92 valence electrons. The summed E-state index contributed by atoms with van der Waals surface area (Å²) in [6.45, 7) is 5.63. The van der Waals surface area contributed by atoms with E-state index in [2.05, 4.69) is 6.92 Å². The van der Waals surface area contributed by atoms with Crippen molar-refractivity contribution in [3.8, 4) is 0 Å². The zero-order valence-electron chi connectivity index (χ0n) is 10.1. The molecule has 0 spiro atoms. The van der Waals surface area contributed by atoms with E-state index in [0.29, 0.717) is 0 Å². The fourth-order valence-electron chi connectivity index (χ4n) is 2.61. The third-order valence-electron chi connectivity index (χ3n) is 3.84. The molecule has 0 aromatic rings. The number of amides is 1. The van der Waals surface area contributed by atoms with E-state index in [-0.39, 0.29) is 17.4 Å². The van der Waals surface area contributed by atoms with Crippen LogP contribution in [0.15, 0.2) is 0 Å². The molecule has 2 heterocycles. The topological polar surface area (TPSA) is 55.6 Å². The van der Waals surface area contributed by atoms with Crippen LogP contribution >= 0.6 is 0 Å². The number of rotatable bonds is 2. The van der Waals surface area contributed by atoms with Gasteiger partial charge in [-0.2, -0.15) is 0 Å². The highest BCUT2D eigenvalue weighted by molar-refractivity contribution is 5.82. The summed E-state index contributed by atoms with van der Waals surface area (Å²) in [5.41, 5.74) is 6.03. The fraction of sp³-hybridized carbons (Fsp3) is 0.917. The highest BCUT2D eigenvalue weighted by Crippen LogP contribution is 2.31. The molecule has 2 aliphatic rings. The molecule has 2 N–H and O–H groups in total. The van der Waals surface area contributed by atoms with Gasteiger partial charge < -0.3 is 15.4 Å². The quantitative estimate of drug-likeness (QED) is 0.756. The number of carbonyl (C=O) groups excluding carboxylic acids is 1. The van der Waals surface area contributed by atoms with Crippen LogP contribution in [-0.2, 0) is 9.53 Å². The normalized spacial score (nSPS) is 30.5. The molecule has 2 rings (SSSR count). The Hall–Kier alpha value is -0.610. The first kappa shape index (κ1) is 11.9. The van der Waals surface area contributed by atoms with E-state index in [1.807, 2.05) is 4.90 Å². The first-order valence-electron chi connectivity index (χ1n) is 6.23. The van der Waals surface area contributed by atoms with Gasteiger partial charge in [-0.05, 0) is 31.1 Å². The van der Waals surface area contributed by atoms with Gasteiger partial charge in [-0.15, -0.1) is 0 Å². The Bertz CT molecular complexity index is 262. The first-order chi connectivity index (χ1) is 7.61. The molecule has 2 aliphatic heterocycles. The minimum Gasteiger partial charge on any atom is -0.381 e. The maximum atomic E-state index is 11.9. The summed E-state index contributed by atoms with van der Waals surface area (Å²) in [7, 11) is 0. The van der Waals surface area contributed by atoms with Crippen molar-refractivity contribution in [3.63, 3.8) is 0 Å². The number of piperidine rings is 1. The van der Waals surface area contributed by atoms with Gasteiger partial charge in [0.15, 0.2) is 0 Å². The molecule has 0 aliphatic carbocycles. The predicted molar refractivity (Wildman–Crippen MR) is 61.9 cm³/mol. The van der Waals surface area contributed by atoms with Gasteiger partial charge >= 0.3 is 0 Å². The molecule has 0 aromatic carbocycles. The molecule has 2 saturated heterocycles. The lowest BCUT2D eigenvalue weighted by Gasteiger charge is -2.40. The molecule has 1 amide bonds. The van der Waals surface area contributed by atoms with Crippen LogP contribution in [0.4, 0.5) is 0 Å². The second kappa shape index (κ2) is 4.72. The average molecular weight is 226 g/mol. The third-order valence-corrected chi connectivity index (χ3v) is 3.84. The van der Waals surface area contributed by atoms with Crippen molar-refractivity contribution in [2.45, 2.75) is 38.6 Å². The second-order valence-corrected chi connectivity index (χ2v) is 5.43. The zero-order valence-corrected chi connectivity index (χ0v) is 10.1. The van der Waals surface area contributed by atoms with Crippen LogP contribution in [0.1, 0.15) is 32.6 Å². The number of carbonyl (C=O) groups is 1. The molecule has 4 heteroatoms. The van der Waals surface area contributed by atoms with E-state index in [4.69, 9.17) is 10.5 Å². The largest absolute Gasteiger partial charge is 0.381 e. The summed E-state index contributed by atoms with van der Waals surface area (Å²) in [6.07, 6.45) is 3.98. The van der Waals surface area contributed by atoms with Crippen LogP contribution in [0, 0.1) is 5.41 Å².